The zero-order valence-electron chi connectivity index (χ0n) is 23.4. The number of ether oxygens (including phenoxy) is 4. The molecule has 1 aromatic carbocycles. The zero-order chi connectivity index (χ0) is 29.6. The molecule has 2 aromatic heterocycles. The highest BCUT2D eigenvalue weighted by Crippen LogP contribution is 2.26. The maximum absolute atomic E-state index is 11.3. The second-order valence-electron chi connectivity index (χ2n) is 9.56. The standard InChI is InChI=1S/C30H36N4O8/c35-29(36)25-7-3-5-23(31-25)21-33-11-15-39-19-20-40-16-12-34(22-24-6-4-8-26(32-24)30(37)38)14-18-42-28-10-2-1-9-27(28)41-17-13-33/h1-10H,11-22H2,(H,35,36)(H,37,38). The molecule has 2 N–H and O–H groups in total. The number of nitrogens with zero attached hydrogens (tertiary/aromatic N) is 4. The van der Waals surface area contributed by atoms with Gasteiger partial charge in [0.05, 0.1) is 37.8 Å². The second-order valence-corrected chi connectivity index (χ2v) is 9.56. The summed E-state index contributed by atoms with van der Waals surface area (Å²) in [6.07, 6.45) is 0. The van der Waals surface area contributed by atoms with E-state index in [1.165, 1.54) is 12.1 Å². The molecule has 0 spiro atoms. The molecule has 12 heteroatoms. The van der Waals surface area contributed by atoms with Gasteiger partial charge in [0.15, 0.2) is 11.5 Å². The van der Waals surface area contributed by atoms with Crippen LogP contribution < -0.4 is 9.47 Å². The number of carboxylic acids is 2. The Labute approximate surface area is 244 Å². The Morgan fingerprint density at radius 1 is 0.595 bits per heavy atom. The number of carboxylic acid groups (broad SMARTS) is 2. The van der Waals surface area contributed by atoms with E-state index in [0.717, 1.165) is 0 Å². The van der Waals surface area contributed by atoms with Crippen molar-refractivity contribution in [1.29, 1.82) is 0 Å². The Balaban J connectivity index is 1.40. The highest BCUT2D eigenvalue weighted by Gasteiger charge is 2.14. The van der Waals surface area contributed by atoms with Crippen LogP contribution in [0.1, 0.15) is 32.4 Å². The van der Waals surface area contributed by atoms with Gasteiger partial charge >= 0.3 is 11.9 Å². The first-order valence-electron chi connectivity index (χ1n) is 13.8. The third-order valence-corrected chi connectivity index (χ3v) is 6.48. The van der Waals surface area contributed by atoms with Crippen LogP contribution in [0.25, 0.3) is 0 Å². The Hall–Kier alpha value is -4.10. The fourth-order valence-electron chi connectivity index (χ4n) is 4.34. The average Bonchev–Trinajstić information content (AvgIpc) is 2.98. The lowest BCUT2D eigenvalue weighted by atomic mass is 10.2. The van der Waals surface area contributed by atoms with E-state index in [1.54, 1.807) is 24.3 Å². The van der Waals surface area contributed by atoms with Gasteiger partial charge in [0.2, 0.25) is 0 Å². The van der Waals surface area contributed by atoms with Gasteiger partial charge in [-0.2, -0.15) is 0 Å². The summed E-state index contributed by atoms with van der Waals surface area (Å²) in [7, 11) is 0. The molecule has 0 unspecified atom stereocenters. The number of para-hydroxylation sites is 2. The van der Waals surface area contributed by atoms with Gasteiger partial charge in [-0.25, -0.2) is 19.6 Å². The number of fused-ring (bicyclic) bond motifs is 1. The first-order chi connectivity index (χ1) is 20.5. The van der Waals surface area contributed by atoms with Crippen LogP contribution in [0.4, 0.5) is 0 Å². The summed E-state index contributed by atoms with van der Waals surface area (Å²) in [6, 6.07) is 17.4. The number of carbonyl (C=O) groups is 2. The summed E-state index contributed by atoms with van der Waals surface area (Å²) >= 11 is 0. The van der Waals surface area contributed by atoms with Crippen LogP contribution in [-0.2, 0) is 22.6 Å². The predicted octanol–water partition coefficient (Wildman–Crippen LogP) is 2.68. The van der Waals surface area contributed by atoms with Crippen molar-refractivity contribution in [2.75, 3.05) is 65.8 Å². The van der Waals surface area contributed by atoms with Crippen molar-refractivity contribution in [2.45, 2.75) is 13.1 Å². The third kappa shape index (κ3) is 10.1. The molecule has 1 aliphatic rings. The molecule has 0 saturated heterocycles. The number of aromatic carboxylic acids is 2. The Morgan fingerprint density at radius 2 is 1.02 bits per heavy atom. The normalized spacial score (nSPS) is 16.7. The summed E-state index contributed by atoms with van der Waals surface area (Å²) in [5.41, 5.74) is 1.32. The van der Waals surface area contributed by atoms with Crippen molar-refractivity contribution in [3.8, 4) is 11.5 Å². The zero-order valence-corrected chi connectivity index (χ0v) is 23.4. The minimum absolute atomic E-state index is 0.00761. The molecule has 3 aromatic rings. The van der Waals surface area contributed by atoms with Gasteiger partial charge in [-0.3, -0.25) is 9.80 Å². The third-order valence-electron chi connectivity index (χ3n) is 6.48. The maximum Gasteiger partial charge on any atom is 0.354 e. The molecule has 4 rings (SSSR count). The Kier molecular flexibility index (Phi) is 12.0. The molecule has 0 aliphatic carbocycles. The van der Waals surface area contributed by atoms with E-state index < -0.39 is 11.9 Å². The van der Waals surface area contributed by atoms with Gasteiger partial charge < -0.3 is 29.2 Å². The molecule has 12 nitrogen and oxygen atoms in total. The first kappa shape index (κ1) is 30.8. The average molecular weight is 581 g/mol. The molecule has 42 heavy (non-hydrogen) atoms. The van der Waals surface area contributed by atoms with Crippen LogP contribution in [0.2, 0.25) is 0 Å². The van der Waals surface area contributed by atoms with E-state index in [9.17, 15) is 19.8 Å². The molecule has 0 saturated carbocycles. The van der Waals surface area contributed by atoms with Crippen molar-refractivity contribution in [2.24, 2.45) is 0 Å². The van der Waals surface area contributed by atoms with Gasteiger partial charge in [0, 0.05) is 39.3 Å². The maximum atomic E-state index is 11.3. The van der Waals surface area contributed by atoms with Gasteiger partial charge in [-0.1, -0.05) is 24.3 Å². The first-order valence-corrected chi connectivity index (χ1v) is 13.8. The monoisotopic (exact) mass is 580 g/mol. The molecule has 224 valence electrons. The Morgan fingerprint density at radius 3 is 1.45 bits per heavy atom. The number of hydrogen-bond acceptors (Lipinski definition) is 10. The number of pyridine rings is 2. The molecule has 0 amide bonds. The fourth-order valence-corrected chi connectivity index (χ4v) is 4.34. The van der Waals surface area contributed by atoms with Gasteiger partial charge in [-0.05, 0) is 36.4 Å². The summed E-state index contributed by atoms with van der Waals surface area (Å²) in [5, 5.41) is 18.6. The highest BCUT2D eigenvalue weighted by atomic mass is 16.5. The summed E-state index contributed by atoms with van der Waals surface area (Å²) in [5.74, 6) is -0.892. The van der Waals surface area contributed by atoms with Crippen LogP contribution in [0.3, 0.4) is 0 Å². The van der Waals surface area contributed by atoms with Gasteiger partial charge in [-0.15, -0.1) is 0 Å². The number of rotatable bonds is 6. The number of benzene rings is 1. The largest absolute Gasteiger partial charge is 0.488 e. The number of hydrogen-bond donors (Lipinski definition) is 2. The molecular weight excluding hydrogens is 544 g/mol. The molecular formula is C30H36N4O8. The minimum atomic E-state index is -1.06. The summed E-state index contributed by atoms with van der Waals surface area (Å²) in [4.78, 5) is 35.4. The van der Waals surface area contributed by atoms with Crippen molar-refractivity contribution >= 4 is 11.9 Å². The quantitative estimate of drug-likeness (QED) is 0.442. The SMILES string of the molecule is O=C(O)c1cccc(CN2CCOCCOCCN(Cc3cccc(C(=O)O)n3)CCOc3ccccc3OCC2)n1. The second kappa shape index (κ2) is 16.4. The van der Waals surface area contributed by atoms with Gasteiger partial charge in [0.25, 0.3) is 0 Å². The van der Waals surface area contributed by atoms with E-state index in [-0.39, 0.29) is 11.4 Å². The smallest absolute Gasteiger partial charge is 0.354 e. The number of aromatic nitrogens is 2. The molecule has 1 aliphatic heterocycles. The topological polar surface area (TPSA) is 144 Å². The summed E-state index contributed by atoms with van der Waals surface area (Å²) in [6.45, 7) is 5.72. The molecule has 3 heterocycles. The van der Waals surface area contributed by atoms with Gasteiger partial charge in [0.1, 0.15) is 24.6 Å². The molecule has 0 bridgehead atoms. The van der Waals surface area contributed by atoms with E-state index >= 15 is 0 Å². The van der Waals surface area contributed by atoms with E-state index in [0.29, 0.717) is 102 Å². The van der Waals surface area contributed by atoms with Crippen molar-refractivity contribution in [3.05, 3.63) is 83.4 Å². The molecule has 0 radical (unpaired) electrons. The van der Waals surface area contributed by atoms with E-state index in [2.05, 4.69) is 19.8 Å². The molecule has 0 fully saturated rings. The van der Waals surface area contributed by atoms with E-state index in [4.69, 9.17) is 18.9 Å². The Bertz CT molecular complexity index is 1210. The van der Waals surface area contributed by atoms with Crippen LogP contribution in [0, 0.1) is 0 Å². The summed E-state index contributed by atoms with van der Waals surface area (Å²) < 4.78 is 23.8. The van der Waals surface area contributed by atoms with E-state index in [1.807, 2.05) is 24.3 Å². The minimum Gasteiger partial charge on any atom is -0.488 e. The van der Waals surface area contributed by atoms with Crippen LogP contribution in [-0.4, -0.2) is 108 Å². The lowest BCUT2D eigenvalue weighted by molar-refractivity contribution is 0.0268. The predicted molar refractivity (Wildman–Crippen MR) is 152 cm³/mol. The van der Waals surface area contributed by atoms with Crippen LogP contribution in [0.15, 0.2) is 60.7 Å². The molecule has 0 atom stereocenters. The lowest BCUT2D eigenvalue weighted by Gasteiger charge is -2.24. The lowest BCUT2D eigenvalue weighted by Crippen LogP contribution is -2.33. The van der Waals surface area contributed by atoms with Crippen LogP contribution in [0.5, 0.6) is 11.5 Å². The van der Waals surface area contributed by atoms with Crippen LogP contribution >= 0.6 is 0 Å². The van der Waals surface area contributed by atoms with Crippen molar-refractivity contribution in [3.63, 3.8) is 0 Å². The van der Waals surface area contributed by atoms with Crippen molar-refractivity contribution in [1.82, 2.24) is 19.8 Å². The van der Waals surface area contributed by atoms with Crippen molar-refractivity contribution < 1.29 is 38.7 Å². The fraction of sp³-hybridized carbons (Fsp3) is 0.400. The highest BCUT2D eigenvalue weighted by molar-refractivity contribution is 5.85.